The van der Waals surface area contributed by atoms with E-state index >= 15 is 0 Å². The van der Waals surface area contributed by atoms with Crippen molar-refractivity contribution in [3.05, 3.63) is 0 Å². The summed E-state index contributed by atoms with van der Waals surface area (Å²) in [6.45, 7) is 2.38. The van der Waals surface area contributed by atoms with E-state index in [2.05, 4.69) is 10.2 Å². The quantitative estimate of drug-likeness (QED) is 0.665. The van der Waals surface area contributed by atoms with Crippen molar-refractivity contribution < 1.29 is 14.6 Å². The van der Waals surface area contributed by atoms with Gasteiger partial charge in [0, 0.05) is 32.8 Å². The summed E-state index contributed by atoms with van der Waals surface area (Å²) in [5, 5.41) is 12.3. The van der Waals surface area contributed by atoms with Gasteiger partial charge in [-0.15, -0.1) is 0 Å². The summed E-state index contributed by atoms with van der Waals surface area (Å²) in [5.74, 6) is -0.743. The van der Waals surface area contributed by atoms with Gasteiger partial charge in [0.25, 0.3) is 0 Å². The van der Waals surface area contributed by atoms with Gasteiger partial charge in [-0.1, -0.05) is 0 Å². The molecule has 0 aromatic heterocycles. The van der Waals surface area contributed by atoms with E-state index in [1.807, 2.05) is 0 Å². The molecular weight excluding hydrogens is 208 g/mol. The SMILES string of the molecule is COC1CCN(CC(NC2CC2)C(=O)O)C1. The molecule has 2 fully saturated rings. The molecule has 1 aliphatic heterocycles. The summed E-state index contributed by atoms with van der Waals surface area (Å²) in [6.07, 6.45) is 3.51. The van der Waals surface area contributed by atoms with Crippen LogP contribution >= 0.6 is 0 Å². The lowest BCUT2D eigenvalue weighted by Gasteiger charge is -2.21. The maximum absolute atomic E-state index is 11.1. The third-order valence-electron chi connectivity index (χ3n) is 3.32. The minimum absolute atomic E-state index is 0.273. The standard InChI is InChI=1S/C11H20N2O3/c1-16-9-4-5-13(6-9)7-10(11(14)15)12-8-2-3-8/h8-10,12H,2-7H2,1H3,(H,14,15). The normalized spacial score (nSPS) is 28.2. The van der Waals surface area contributed by atoms with Gasteiger partial charge in [-0.2, -0.15) is 0 Å². The number of carboxylic acid groups (broad SMARTS) is 1. The zero-order chi connectivity index (χ0) is 11.5. The summed E-state index contributed by atoms with van der Waals surface area (Å²) >= 11 is 0. The van der Waals surface area contributed by atoms with Crippen LogP contribution in [0.1, 0.15) is 19.3 Å². The molecule has 16 heavy (non-hydrogen) atoms. The summed E-state index contributed by atoms with van der Waals surface area (Å²) in [5.41, 5.74) is 0. The Kier molecular flexibility index (Phi) is 3.78. The van der Waals surface area contributed by atoms with Crippen LogP contribution in [-0.4, -0.2) is 60.9 Å². The Morgan fingerprint density at radius 1 is 1.56 bits per heavy atom. The molecule has 0 amide bonds. The molecule has 2 N–H and O–H groups in total. The minimum atomic E-state index is -0.743. The van der Waals surface area contributed by atoms with E-state index in [-0.39, 0.29) is 6.10 Å². The average Bonchev–Trinajstić information content (AvgIpc) is 2.95. The highest BCUT2D eigenvalue weighted by atomic mass is 16.5. The van der Waals surface area contributed by atoms with Crippen molar-refractivity contribution in [2.45, 2.75) is 37.5 Å². The highest BCUT2D eigenvalue weighted by molar-refractivity contribution is 5.73. The Morgan fingerprint density at radius 3 is 2.81 bits per heavy atom. The number of aliphatic carboxylic acids is 1. The van der Waals surface area contributed by atoms with Crippen molar-refractivity contribution in [2.75, 3.05) is 26.7 Å². The number of carbonyl (C=O) groups is 1. The molecule has 0 radical (unpaired) electrons. The molecule has 1 aliphatic carbocycles. The lowest BCUT2D eigenvalue weighted by Crippen LogP contribution is -2.46. The van der Waals surface area contributed by atoms with Gasteiger partial charge in [-0.25, -0.2) is 0 Å². The van der Waals surface area contributed by atoms with Crippen LogP contribution in [0.5, 0.6) is 0 Å². The van der Waals surface area contributed by atoms with E-state index in [1.165, 1.54) is 0 Å². The zero-order valence-electron chi connectivity index (χ0n) is 9.69. The van der Waals surface area contributed by atoms with Crippen LogP contribution < -0.4 is 5.32 Å². The number of likely N-dealkylation sites (tertiary alicyclic amines) is 1. The highest BCUT2D eigenvalue weighted by Crippen LogP contribution is 2.20. The third-order valence-corrected chi connectivity index (χ3v) is 3.32. The Hall–Kier alpha value is -0.650. The van der Waals surface area contributed by atoms with E-state index in [9.17, 15) is 4.79 Å². The van der Waals surface area contributed by atoms with Gasteiger partial charge < -0.3 is 15.2 Å². The predicted molar refractivity (Wildman–Crippen MR) is 59.4 cm³/mol. The van der Waals surface area contributed by atoms with Crippen molar-refractivity contribution in [3.8, 4) is 0 Å². The largest absolute Gasteiger partial charge is 0.480 e. The van der Waals surface area contributed by atoms with Crippen molar-refractivity contribution >= 4 is 5.97 Å². The van der Waals surface area contributed by atoms with Gasteiger partial charge in [-0.05, 0) is 19.3 Å². The molecular formula is C11H20N2O3. The monoisotopic (exact) mass is 228 g/mol. The van der Waals surface area contributed by atoms with Gasteiger partial charge >= 0.3 is 5.97 Å². The van der Waals surface area contributed by atoms with E-state index in [4.69, 9.17) is 9.84 Å². The van der Waals surface area contributed by atoms with E-state index < -0.39 is 12.0 Å². The number of rotatable bonds is 6. The number of methoxy groups -OCH3 is 1. The molecule has 0 aromatic carbocycles. The van der Waals surface area contributed by atoms with E-state index in [0.717, 1.165) is 32.4 Å². The van der Waals surface area contributed by atoms with E-state index in [1.54, 1.807) is 7.11 Å². The fraction of sp³-hybridized carbons (Fsp3) is 0.909. The third kappa shape index (κ3) is 3.17. The first-order chi connectivity index (χ1) is 7.69. The van der Waals surface area contributed by atoms with Crippen LogP contribution in [0.3, 0.4) is 0 Å². The van der Waals surface area contributed by atoms with Crippen LogP contribution in [0.15, 0.2) is 0 Å². The lowest BCUT2D eigenvalue weighted by molar-refractivity contribution is -0.140. The fourth-order valence-corrected chi connectivity index (χ4v) is 2.15. The summed E-state index contributed by atoms with van der Waals surface area (Å²) < 4.78 is 5.27. The molecule has 0 aromatic rings. The molecule has 1 saturated heterocycles. The Labute approximate surface area is 95.8 Å². The van der Waals surface area contributed by atoms with Crippen molar-refractivity contribution in [2.24, 2.45) is 0 Å². The summed E-state index contributed by atoms with van der Waals surface area (Å²) in [6, 6.07) is 0.00466. The maximum atomic E-state index is 11.1. The van der Waals surface area contributed by atoms with Gasteiger partial charge in [-0.3, -0.25) is 9.69 Å². The number of hydrogen-bond acceptors (Lipinski definition) is 4. The molecule has 0 bridgehead atoms. The average molecular weight is 228 g/mol. The molecule has 2 aliphatic rings. The number of ether oxygens (including phenoxy) is 1. The second-order valence-electron chi connectivity index (χ2n) is 4.74. The van der Waals surface area contributed by atoms with Crippen LogP contribution in [0.25, 0.3) is 0 Å². The summed E-state index contributed by atoms with van der Waals surface area (Å²) in [7, 11) is 1.71. The molecule has 2 atom stereocenters. The highest BCUT2D eigenvalue weighted by Gasteiger charge is 2.31. The summed E-state index contributed by atoms with van der Waals surface area (Å²) in [4.78, 5) is 13.3. The first kappa shape index (κ1) is 11.8. The Morgan fingerprint density at radius 2 is 2.31 bits per heavy atom. The van der Waals surface area contributed by atoms with Crippen molar-refractivity contribution in [3.63, 3.8) is 0 Å². The molecule has 5 heteroatoms. The zero-order valence-corrected chi connectivity index (χ0v) is 9.69. The smallest absolute Gasteiger partial charge is 0.322 e. The first-order valence-electron chi connectivity index (χ1n) is 5.93. The maximum Gasteiger partial charge on any atom is 0.322 e. The van der Waals surface area contributed by atoms with Crippen LogP contribution in [0.4, 0.5) is 0 Å². The predicted octanol–water partition coefficient (Wildman–Crippen LogP) is -0.0877. The molecule has 1 heterocycles. The lowest BCUT2D eigenvalue weighted by atomic mass is 10.2. The number of nitrogens with zero attached hydrogens (tertiary/aromatic N) is 1. The number of nitrogens with one attached hydrogen (secondary N) is 1. The van der Waals surface area contributed by atoms with Crippen LogP contribution in [0, 0.1) is 0 Å². The van der Waals surface area contributed by atoms with Crippen LogP contribution in [0.2, 0.25) is 0 Å². The van der Waals surface area contributed by atoms with E-state index in [0.29, 0.717) is 12.6 Å². The second kappa shape index (κ2) is 5.12. The van der Waals surface area contributed by atoms with Gasteiger partial charge in [0.05, 0.1) is 6.10 Å². The van der Waals surface area contributed by atoms with Crippen LogP contribution in [-0.2, 0) is 9.53 Å². The Balaban J connectivity index is 1.78. The topological polar surface area (TPSA) is 61.8 Å². The number of hydrogen-bond donors (Lipinski definition) is 2. The molecule has 2 rings (SSSR count). The minimum Gasteiger partial charge on any atom is -0.480 e. The molecule has 2 unspecified atom stereocenters. The molecule has 0 spiro atoms. The fourth-order valence-electron chi connectivity index (χ4n) is 2.15. The molecule has 92 valence electrons. The Bertz CT molecular complexity index is 256. The van der Waals surface area contributed by atoms with Crippen molar-refractivity contribution in [1.82, 2.24) is 10.2 Å². The first-order valence-corrected chi connectivity index (χ1v) is 5.93. The number of carboxylic acids is 1. The van der Waals surface area contributed by atoms with Gasteiger partial charge in [0.1, 0.15) is 6.04 Å². The molecule has 1 saturated carbocycles. The second-order valence-corrected chi connectivity index (χ2v) is 4.74. The van der Waals surface area contributed by atoms with Gasteiger partial charge in [0.2, 0.25) is 0 Å². The molecule has 5 nitrogen and oxygen atoms in total. The van der Waals surface area contributed by atoms with Crippen molar-refractivity contribution in [1.29, 1.82) is 0 Å². The van der Waals surface area contributed by atoms with Gasteiger partial charge in [0.15, 0.2) is 0 Å².